The van der Waals surface area contributed by atoms with E-state index in [2.05, 4.69) is 21.4 Å². The molecule has 136 valence electrons. The fourth-order valence-electron chi connectivity index (χ4n) is 3.07. The number of fused-ring (bicyclic) bond motifs is 1. The van der Waals surface area contributed by atoms with Crippen LogP contribution in [0.4, 0.5) is 16.0 Å². The van der Waals surface area contributed by atoms with E-state index < -0.39 is 5.82 Å². The number of nitrogens with one attached hydrogen (secondary N) is 1. The fourth-order valence-corrected chi connectivity index (χ4v) is 3.25. The Kier molecular flexibility index (Phi) is 4.73. The number of halogens is 2. The van der Waals surface area contributed by atoms with Gasteiger partial charge in [-0.05, 0) is 41.8 Å². The maximum absolute atomic E-state index is 13.3. The Morgan fingerprint density at radius 2 is 1.96 bits per heavy atom. The van der Waals surface area contributed by atoms with Crippen LogP contribution in [0.2, 0.25) is 5.02 Å². The molecule has 5 nitrogen and oxygen atoms in total. The third kappa shape index (κ3) is 3.75. The summed E-state index contributed by atoms with van der Waals surface area (Å²) >= 11 is 5.79. The van der Waals surface area contributed by atoms with Gasteiger partial charge in [0.1, 0.15) is 11.5 Å². The summed E-state index contributed by atoms with van der Waals surface area (Å²) in [5.41, 5.74) is 3.28. The summed E-state index contributed by atoms with van der Waals surface area (Å²) < 4.78 is 13.3. The molecule has 1 aliphatic rings. The first kappa shape index (κ1) is 17.4. The SMILES string of the molecule is O=C(c1ccnc(Nc2ccc(F)c(Cl)c2)n1)N1CCc2ccccc2C1. The van der Waals surface area contributed by atoms with Crippen LogP contribution in [0.3, 0.4) is 0 Å². The van der Waals surface area contributed by atoms with E-state index in [1.807, 2.05) is 18.2 Å². The second-order valence-corrected chi connectivity index (χ2v) is 6.67. The molecule has 0 saturated heterocycles. The Bertz CT molecular complexity index is 1010. The number of hydrogen-bond donors (Lipinski definition) is 1. The molecule has 0 atom stereocenters. The second kappa shape index (κ2) is 7.32. The molecule has 0 saturated carbocycles. The normalized spacial score (nSPS) is 13.2. The number of carbonyl (C=O) groups is 1. The first-order valence-electron chi connectivity index (χ1n) is 8.51. The number of anilines is 2. The van der Waals surface area contributed by atoms with Gasteiger partial charge in [-0.1, -0.05) is 35.9 Å². The minimum atomic E-state index is -0.502. The van der Waals surface area contributed by atoms with Crippen molar-refractivity contribution in [3.8, 4) is 0 Å². The molecule has 1 aromatic heterocycles. The van der Waals surface area contributed by atoms with Crippen LogP contribution in [0, 0.1) is 5.82 Å². The van der Waals surface area contributed by atoms with E-state index in [0.717, 1.165) is 12.0 Å². The van der Waals surface area contributed by atoms with Crippen LogP contribution in [0.15, 0.2) is 54.7 Å². The van der Waals surface area contributed by atoms with Gasteiger partial charge in [-0.15, -0.1) is 0 Å². The summed E-state index contributed by atoms with van der Waals surface area (Å²) in [6.45, 7) is 1.21. The number of hydrogen-bond acceptors (Lipinski definition) is 4. The first-order valence-corrected chi connectivity index (χ1v) is 8.89. The van der Waals surface area contributed by atoms with Crippen molar-refractivity contribution in [2.75, 3.05) is 11.9 Å². The van der Waals surface area contributed by atoms with E-state index in [1.165, 1.54) is 30.0 Å². The van der Waals surface area contributed by atoms with Gasteiger partial charge < -0.3 is 10.2 Å². The van der Waals surface area contributed by atoms with Gasteiger partial charge >= 0.3 is 0 Å². The maximum Gasteiger partial charge on any atom is 0.272 e. The van der Waals surface area contributed by atoms with Crippen LogP contribution < -0.4 is 5.32 Å². The summed E-state index contributed by atoms with van der Waals surface area (Å²) in [7, 11) is 0. The number of nitrogens with zero attached hydrogens (tertiary/aromatic N) is 3. The average Bonchev–Trinajstić information content (AvgIpc) is 2.70. The van der Waals surface area contributed by atoms with Crippen molar-refractivity contribution < 1.29 is 9.18 Å². The molecule has 3 aromatic rings. The number of carbonyl (C=O) groups excluding carboxylic acids is 1. The molecule has 2 heterocycles. The lowest BCUT2D eigenvalue weighted by Gasteiger charge is -2.28. The highest BCUT2D eigenvalue weighted by Crippen LogP contribution is 2.22. The maximum atomic E-state index is 13.3. The molecule has 0 bridgehead atoms. The van der Waals surface area contributed by atoms with Gasteiger partial charge in [0.25, 0.3) is 5.91 Å². The van der Waals surface area contributed by atoms with Gasteiger partial charge in [-0.25, -0.2) is 14.4 Å². The molecule has 0 unspecified atom stereocenters. The molecule has 27 heavy (non-hydrogen) atoms. The molecule has 0 radical (unpaired) electrons. The van der Waals surface area contributed by atoms with Crippen LogP contribution in [0.5, 0.6) is 0 Å². The zero-order valence-corrected chi connectivity index (χ0v) is 15.1. The van der Waals surface area contributed by atoms with Crippen LogP contribution in [-0.4, -0.2) is 27.3 Å². The molecule has 0 spiro atoms. The minimum absolute atomic E-state index is 0.000729. The highest BCUT2D eigenvalue weighted by Gasteiger charge is 2.22. The zero-order chi connectivity index (χ0) is 18.8. The molecule has 1 aliphatic heterocycles. The lowest BCUT2D eigenvalue weighted by atomic mass is 10.00. The van der Waals surface area contributed by atoms with Crippen molar-refractivity contribution in [1.29, 1.82) is 0 Å². The van der Waals surface area contributed by atoms with Gasteiger partial charge in [-0.3, -0.25) is 4.79 Å². The molecule has 0 fully saturated rings. The third-order valence-electron chi connectivity index (χ3n) is 4.47. The number of rotatable bonds is 3. The fraction of sp³-hybridized carbons (Fsp3) is 0.150. The predicted octanol–water partition coefficient (Wildman–Crippen LogP) is 4.21. The van der Waals surface area contributed by atoms with Gasteiger partial charge in [0.15, 0.2) is 0 Å². The molecule has 7 heteroatoms. The number of amides is 1. The van der Waals surface area contributed by atoms with E-state index in [-0.39, 0.29) is 16.9 Å². The monoisotopic (exact) mass is 382 g/mol. The lowest BCUT2D eigenvalue weighted by Crippen LogP contribution is -2.36. The van der Waals surface area contributed by atoms with Crippen molar-refractivity contribution in [3.05, 3.63) is 82.4 Å². The Balaban J connectivity index is 1.52. The van der Waals surface area contributed by atoms with Crippen LogP contribution in [0.25, 0.3) is 0 Å². The first-order chi connectivity index (χ1) is 13.1. The van der Waals surface area contributed by atoms with Crippen LogP contribution in [-0.2, 0) is 13.0 Å². The third-order valence-corrected chi connectivity index (χ3v) is 4.76. The van der Waals surface area contributed by atoms with Crippen molar-refractivity contribution >= 4 is 29.1 Å². The van der Waals surface area contributed by atoms with Crippen molar-refractivity contribution in [2.24, 2.45) is 0 Å². The number of aromatic nitrogens is 2. The molecule has 2 aromatic carbocycles. The summed E-state index contributed by atoms with van der Waals surface area (Å²) in [6.07, 6.45) is 2.35. The topological polar surface area (TPSA) is 58.1 Å². The summed E-state index contributed by atoms with van der Waals surface area (Å²) in [6, 6.07) is 13.9. The lowest BCUT2D eigenvalue weighted by molar-refractivity contribution is 0.0728. The van der Waals surface area contributed by atoms with Gasteiger partial charge in [-0.2, -0.15) is 0 Å². The predicted molar refractivity (Wildman–Crippen MR) is 102 cm³/mol. The van der Waals surface area contributed by atoms with E-state index in [9.17, 15) is 9.18 Å². The summed E-state index contributed by atoms with van der Waals surface area (Å²) in [4.78, 5) is 23.1. The van der Waals surface area contributed by atoms with Crippen LogP contribution in [0.1, 0.15) is 21.6 Å². The minimum Gasteiger partial charge on any atom is -0.333 e. The highest BCUT2D eigenvalue weighted by atomic mass is 35.5. The Morgan fingerprint density at radius 3 is 2.78 bits per heavy atom. The Morgan fingerprint density at radius 1 is 1.15 bits per heavy atom. The summed E-state index contributed by atoms with van der Waals surface area (Å²) in [5, 5.41) is 2.94. The smallest absolute Gasteiger partial charge is 0.272 e. The number of benzene rings is 2. The Labute approximate surface area is 160 Å². The van der Waals surface area contributed by atoms with E-state index in [4.69, 9.17) is 11.6 Å². The molecule has 4 rings (SSSR count). The van der Waals surface area contributed by atoms with E-state index in [0.29, 0.717) is 24.5 Å². The van der Waals surface area contributed by atoms with Crippen LogP contribution >= 0.6 is 11.6 Å². The summed E-state index contributed by atoms with van der Waals surface area (Å²) in [5.74, 6) is -0.398. The van der Waals surface area contributed by atoms with Gasteiger partial charge in [0.2, 0.25) is 5.95 Å². The standard InChI is InChI=1S/C20H16ClFN4O/c21-16-11-15(5-6-17(16)22)24-20-23-9-7-18(25-20)19(27)26-10-8-13-3-1-2-4-14(13)12-26/h1-7,9,11H,8,10,12H2,(H,23,24,25). The molecule has 0 aliphatic carbocycles. The van der Waals surface area contributed by atoms with Crippen molar-refractivity contribution in [3.63, 3.8) is 0 Å². The van der Waals surface area contributed by atoms with Crippen molar-refractivity contribution in [1.82, 2.24) is 14.9 Å². The average molecular weight is 383 g/mol. The van der Waals surface area contributed by atoms with Gasteiger partial charge in [0, 0.05) is 25.0 Å². The quantitative estimate of drug-likeness (QED) is 0.737. The molecule has 1 N–H and O–H groups in total. The van der Waals surface area contributed by atoms with Crippen molar-refractivity contribution in [2.45, 2.75) is 13.0 Å². The largest absolute Gasteiger partial charge is 0.333 e. The van der Waals surface area contributed by atoms with Gasteiger partial charge in [0.05, 0.1) is 5.02 Å². The van der Waals surface area contributed by atoms with E-state index in [1.54, 1.807) is 11.0 Å². The second-order valence-electron chi connectivity index (χ2n) is 6.26. The highest BCUT2D eigenvalue weighted by molar-refractivity contribution is 6.31. The molecular weight excluding hydrogens is 367 g/mol. The molecule has 1 amide bonds. The Hall–Kier alpha value is -2.99. The zero-order valence-electron chi connectivity index (χ0n) is 14.3. The van der Waals surface area contributed by atoms with E-state index >= 15 is 0 Å². The molecular formula is C20H16ClFN4O.